The summed E-state index contributed by atoms with van der Waals surface area (Å²) < 4.78 is 0. The Morgan fingerprint density at radius 3 is 2.45 bits per heavy atom. The molecule has 0 heterocycles. The van der Waals surface area contributed by atoms with E-state index in [2.05, 4.69) is 45.3 Å². The highest BCUT2D eigenvalue weighted by Crippen LogP contribution is 2.25. The van der Waals surface area contributed by atoms with Crippen LogP contribution in [0.4, 0.5) is 5.69 Å². The number of hydrogen-bond donors (Lipinski definition) is 2. The van der Waals surface area contributed by atoms with Crippen molar-refractivity contribution in [2.75, 3.05) is 18.4 Å². The minimum atomic E-state index is 0.00451. The van der Waals surface area contributed by atoms with Crippen LogP contribution in [0.5, 0.6) is 0 Å². The van der Waals surface area contributed by atoms with Crippen molar-refractivity contribution in [1.29, 1.82) is 0 Å². The van der Waals surface area contributed by atoms with Gasteiger partial charge >= 0.3 is 0 Å². The number of nitrogens with one attached hydrogen (secondary N) is 2. The van der Waals surface area contributed by atoms with Crippen molar-refractivity contribution in [1.82, 2.24) is 5.32 Å². The largest absolute Gasteiger partial charge is 0.385 e. The second-order valence-electron chi connectivity index (χ2n) is 6.39. The van der Waals surface area contributed by atoms with Crippen LogP contribution in [0.2, 0.25) is 0 Å². The third kappa shape index (κ3) is 4.26. The molecule has 0 aliphatic carbocycles. The summed E-state index contributed by atoms with van der Waals surface area (Å²) in [6.07, 6.45) is 0. The summed E-state index contributed by atoms with van der Waals surface area (Å²) in [6.45, 7) is 14.4. The highest BCUT2D eigenvalue weighted by atomic mass is 16.1. The van der Waals surface area contributed by atoms with E-state index in [9.17, 15) is 4.79 Å². The zero-order valence-corrected chi connectivity index (χ0v) is 13.6. The highest BCUT2D eigenvalue weighted by molar-refractivity contribution is 5.94. The summed E-state index contributed by atoms with van der Waals surface area (Å²) in [5.41, 5.74) is 3.02. The molecule has 112 valence electrons. The lowest BCUT2D eigenvalue weighted by Crippen LogP contribution is -2.37. The Labute approximate surface area is 123 Å². The average molecular weight is 276 g/mol. The molecule has 0 fully saturated rings. The molecule has 1 aromatic rings. The number of rotatable bonds is 6. The van der Waals surface area contributed by atoms with Gasteiger partial charge in [0.2, 0.25) is 0 Å². The summed E-state index contributed by atoms with van der Waals surface area (Å²) in [6, 6.07) is 5.79. The molecule has 0 aromatic heterocycles. The number of anilines is 1. The SMILES string of the molecule is CCNc1ccc(C(=O)NCC(C)(C)C(C)C)cc1C. The molecule has 0 saturated heterocycles. The molecule has 1 aromatic carbocycles. The van der Waals surface area contributed by atoms with Gasteiger partial charge in [0.1, 0.15) is 0 Å². The summed E-state index contributed by atoms with van der Waals surface area (Å²) in [5.74, 6) is 0.533. The maximum absolute atomic E-state index is 12.2. The van der Waals surface area contributed by atoms with E-state index in [0.29, 0.717) is 12.5 Å². The number of carbonyl (C=O) groups excluding carboxylic acids is 1. The first-order chi connectivity index (χ1) is 9.27. The molecule has 0 saturated carbocycles. The molecule has 0 atom stereocenters. The van der Waals surface area contributed by atoms with Crippen LogP contribution in [-0.2, 0) is 0 Å². The van der Waals surface area contributed by atoms with E-state index in [4.69, 9.17) is 0 Å². The van der Waals surface area contributed by atoms with Crippen molar-refractivity contribution >= 4 is 11.6 Å². The van der Waals surface area contributed by atoms with Gasteiger partial charge in [0.05, 0.1) is 0 Å². The van der Waals surface area contributed by atoms with Crippen LogP contribution in [-0.4, -0.2) is 19.0 Å². The van der Waals surface area contributed by atoms with Gasteiger partial charge in [0.25, 0.3) is 5.91 Å². The average Bonchev–Trinajstić information content (AvgIpc) is 2.38. The molecule has 0 aliphatic rings. The Bertz CT molecular complexity index is 464. The molecule has 1 rings (SSSR count). The van der Waals surface area contributed by atoms with Gasteiger partial charge in [0, 0.05) is 24.3 Å². The lowest BCUT2D eigenvalue weighted by molar-refractivity contribution is 0.0924. The summed E-state index contributed by atoms with van der Waals surface area (Å²) in [7, 11) is 0. The molecule has 1 amide bonds. The zero-order chi connectivity index (χ0) is 15.3. The van der Waals surface area contributed by atoms with Gasteiger partial charge in [-0.3, -0.25) is 4.79 Å². The van der Waals surface area contributed by atoms with Crippen molar-refractivity contribution in [3.8, 4) is 0 Å². The van der Waals surface area contributed by atoms with Crippen molar-refractivity contribution in [2.24, 2.45) is 11.3 Å². The van der Waals surface area contributed by atoms with Gasteiger partial charge in [-0.1, -0.05) is 27.7 Å². The summed E-state index contributed by atoms with van der Waals surface area (Å²) >= 11 is 0. The third-order valence-electron chi connectivity index (χ3n) is 4.12. The molecule has 3 heteroatoms. The van der Waals surface area contributed by atoms with Crippen molar-refractivity contribution in [3.63, 3.8) is 0 Å². The van der Waals surface area contributed by atoms with E-state index in [-0.39, 0.29) is 11.3 Å². The van der Waals surface area contributed by atoms with Gasteiger partial charge in [-0.15, -0.1) is 0 Å². The smallest absolute Gasteiger partial charge is 0.251 e. The van der Waals surface area contributed by atoms with Crippen molar-refractivity contribution in [3.05, 3.63) is 29.3 Å². The molecular weight excluding hydrogens is 248 g/mol. The standard InChI is InChI=1S/C17H28N2O/c1-7-18-15-9-8-14(10-13(15)4)16(20)19-11-17(5,6)12(2)3/h8-10,12,18H,7,11H2,1-6H3,(H,19,20). The number of amides is 1. The van der Waals surface area contributed by atoms with Crippen molar-refractivity contribution < 1.29 is 4.79 Å². The monoisotopic (exact) mass is 276 g/mol. The van der Waals surface area contributed by atoms with E-state index in [0.717, 1.165) is 23.4 Å². The molecular formula is C17H28N2O. The second-order valence-corrected chi connectivity index (χ2v) is 6.39. The van der Waals surface area contributed by atoms with Gasteiger partial charge in [-0.2, -0.15) is 0 Å². The maximum Gasteiger partial charge on any atom is 0.251 e. The fourth-order valence-corrected chi connectivity index (χ4v) is 1.81. The maximum atomic E-state index is 12.2. The predicted octanol–water partition coefficient (Wildman–Crippen LogP) is 3.84. The third-order valence-corrected chi connectivity index (χ3v) is 4.12. The number of carbonyl (C=O) groups is 1. The van der Waals surface area contributed by atoms with E-state index >= 15 is 0 Å². The first kappa shape index (κ1) is 16.5. The molecule has 0 bridgehead atoms. The summed E-state index contributed by atoms with van der Waals surface area (Å²) in [4.78, 5) is 12.2. The topological polar surface area (TPSA) is 41.1 Å². The number of hydrogen-bond acceptors (Lipinski definition) is 2. The number of benzene rings is 1. The minimum absolute atomic E-state index is 0.00451. The number of aryl methyl sites for hydroxylation is 1. The quantitative estimate of drug-likeness (QED) is 0.829. The fraction of sp³-hybridized carbons (Fsp3) is 0.588. The minimum Gasteiger partial charge on any atom is -0.385 e. The van der Waals surface area contributed by atoms with Gasteiger partial charge in [-0.25, -0.2) is 0 Å². The molecule has 0 spiro atoms. The van der Waals surface area contributed by atoms with Crippen LogP contribution in [0.3, 0.4) is 0 Å². The van der Waals surface area contributed by atoms with Crippen LogP contribution >= 0.6 is 0 Å². The molecule has 0 unspecified atom stereocenters. The Morgan fingerprint density at radius 2 is 1.95 bits per heavy atom. The van der Waals surface area contributed by atoms with E-state index in [1.54, 1.807) is 0 Å². The predicted molar refractivity (Wildman–Crippen MR) is 86.3 cm³/mol. The normalized spacial score (nSPS) is 11.6. The molecule has 0 aliphatic heterocycles. The summed E-state index contributed by atoms with van der Waals surface area (Å²) in [5, 5.41) is 6.32. The fourth-order valence-electron chi connectivity index (χ4n) is 1.81. The van der Waals surface area contributed by atoms with Crippen LogP contribution in [0, 0.1) is 18.3 Å². The van der Waals surface area contributed by atoms with E-state index < -0.39 is 0 Å². The van der Waals surface area contributed by atoms with Gasteiger partial charge in [0.15, 0.2) is 0 Å². The van der Waals surface area contributed by atoms with Gasteiger partial charge in [-0.05, 0) is 48.9 Å². The lowest BCUT2D eigenvalue weighted by Gasteiger charge is -2.29. The van der Waals surface area contributed by atoms with E-state index in [1.807, 2.05) is 25.1 Å². The van der Waals surface area contributed by atoms with Crippen LogP contribution in [0.25, 0.3) is 0 Å². The Kier molecular flexibility index (Phi) is 5.61. The Hall–Kier alpha value is -1.51. The Morgan fingerprint density at radius 1 is 1.30 bits per heavy atom. The zero-order valence-electron chi connectivity index (χ0n) is 13.6. The van der Waals surface area contributed by atoms with Crippen LogP contribution in [0.1, 0.15) is 50.5 Å². The van der Waals surface area contributed by atoms with Crippen LogP contribution in [0.15, 0.2) is 18.2 Å². The highest BCUT2D eigenvalue weighted by Gasteiger charge is 2.23. The lowest BCUT2D eigenvalue weighted by atomic mass is 9.81. The molecule has 3 nitrogen and oxygen atoms in total. The molecule has 2 N–H and O–H groups in total. The Balaban J connectivity index is 2.71. The van der Waals surface area contributed by atoms with Gasteiger partial charge < -0.3 is 10.6 Å². The van der Waals surface area contributed by atoms with Crippen LogP contribution < -0.4 is 10.6 Å². The molecule has 20 heavy (non-hydrogen) atoms. The first-order valence-electron chi connectivity index (χ1n) is 7.40. The van der Waals surface area contributed by atoms with E-state index in [1.165, 1.54) is 0 Å². The van der Waals surface area contributed by atoms with Crippen molar-refractivity contribution in [2.45, 2.75) is 41.5 Å². The first-order valence-corrected chi connectivity index (χ1v) is 7.40. The molecule has 0 radical (unpaired) electrons. The second kappa shape index (κ2) is 6.78.